The maximum atomic E-state index is 14.4. The number of piperidine rings is 1. The first kappa shape index (κ1) is 21.2. The van der Waals surface area contributed by atoms with Crippen LogP contribution in [-0.2, 0) is 6.42 Å². The second-order valence-corrected chi connectivity index (χ2v) is 8.28. The molecule has 160 valence electrons. The number of nitrogens with zero attached hydrogens (tertiary/aromatic N) is 1. The van der Waals surface area contributed by atoms with E-state index < -0.39 is 5.41 Å². The van der Waals surface area contributed by atoms with E-state index in [2.05, 4.69) is 0 Å². The van der Waals surface area contributed by atoms with Gasteiger partial charge in [-0.3, -0.25) is 4.79 Å². The van der Waals surface area contributed by atoms with Crippen molar-refractivity contribution in [2.45, 2.75) is 19.3 Å². The quantitative estimate of drug-likeness (QED) is 0.624. The SMILES string of the molecule is O=C(c1ccccc1-c1ccccc1F)N1CCC[C@@](CO)(Cc2ccccc2F)C1. The van der Waals surface area contributed by atoms with Crippen LogP contribution < -0.4 is 0 Å². The van der Waals surface area contributed by atoms with Crippen molar-refractivity contribution in [2.75, 3.05) is 19.7 Å². The second-order valence-electron chi connectivity index (χ2n) is 8.28. The molecule has 0 spiro atoms. The van der Waals surface area contributed by atoms with Crippen molar-refractivity contribution in [3.63, 3.8) is 0 Å². The molecule has 5 heteroatoms. The van der Waals surface area contributed by atoms with E-state index in [4.69, 9.17) is 0 Å². The number of aliphatic hydroxyl groups is 1. The van der Waals surface area contributed by atoms with Crippen molar-refractivity contribution < 1.29 is 18.7 Å². The summed E-state index contributed by atoms with van der Waals surface area (Å²) in [6.07, 6.45) is 1.77. The summed E-state index contributed by atoms with van der Waals surface area (Å²) in [5.74, 6) is -0.890. The fourth-order valence-corrected chi connectivity index (χ4v) is 4.51. The van der Waals surface area contributed by atoms with E-state index in [0.29, 0.717) is 54.6 Å². The number of hydrogen-bond donors (Lipinski definition) is 1. The van der Waals surface area contributed by atoms with Gasteiger partial charge in [-0.2, -0.15) is 0 Å². The van der Waals surface area contributed by atoms with E-state index in [0.717, 1.165) is 0 Å². The molecule has 0 aliphatic carbocycles. The van der Waals surface area contributed by atoms with Crippen LogP contribution in [0.25, 0.3) is 11.1 Å². The summed E-state index contributed by atoms with van der Waals surface area (Å²) >= 11 is 0. The summed E-state index contributed by atoms with van der Waals surface area (Å²) in [4.78, 5) is 15.2. The van der Waals surface area contributed by atoms with E-state index in [9.17, 15) is 18.7 Å². The number of carbonyl (C=O) groups is 1. The second kappa shape index (κ2) is 8.98. The number of amides is 1. The number of halogens is 2. The molecule has 0 aromatic heterocycles. The highest BCUT2D eigenvalue weighted by Crippen LogP contribution is 2.36. The lowest BCUT2D eigenvalue weighted by molar-refractivity contribution is 0.0268. The first-order valence-corrected chi connectivity index (χ1v) is 10.5. The number of aliphatic hydroxyl groups excluding tert-OH is 1. The topological polar surface area (TPSA) is 40.5 Å². The monoisotopic (exact) mass is 421 g/mol. The van der Waals surface area contributed by atoms with Crippen molar-refractivity contribution in [1.82, 2.24) is 4.90 Å². The maximum Gasteiger partial charge on any atom is 0.254 e. The van der Waals surface area contributed by atoms with E-state index in [1.54, 1.807) is 65.6 Å². The minimum absolute atomic E-state index is 0.139. The first-order valence-electron chi connectivity index (χ1n) is 10.5. The Hall–Kier alpha value is -3.05. The minimum atomic E-state index is -0.608. The Balaban J connectivity index is 1.63. The summed E-state index contributed by atoms with van der Waals surface area (Å²) in [6, 6.07) is 19.9. The van der Waals surface area contributed by atoms with Gasteiger partial charge in [0.25, 0.3) is 5.91 Å². The molecule has 1 aliphatic heterocycles. The number of benzene rings is 3. The van der Waals surface area contributed by atoms with Gasteiger partial charge < -0.3 is 10.0 Å². The van der Waals surface area contributed by atoms with Crippen molar-refractivity contribution >= 4 is 5.91 Å². The van der Waals surface area contributed by atoms with Crippen LogP contribution >= 0.6 is 0 Å². The van der Waals surface area contributed by atoms with Crippen LogP contribution in [0.5, 0.6) is 0 Å². The summed E-state index contributed by atoms with van der Waals surface area (Å²) in [5, 5.41) is 10.2. The highest BCUT2D eigenvalue weighted by Gasteiger charge is 2.38. The largest absolute Gasteiger partial charge is 0.396 e. The molecule has 3 aromatic rings. The average Bonchev–Trinajstić information content (AvgIpc) is 2.81. The van der Waals surface area contributed by atoms with Crippen molar-refractivity contribution in [3.05, 3.63) is 95.6 Å². The Kier molecular flexibility index (Phi) is 6.14. The van der Waals surface area contributed by atoms with Gasteiger partial charge in [-0.25, -0.2) is 8.78 Å². The van der Waals surface area contributed by atoms with E-state index >= 15 is 0 Å². The predicted molar refractivity (Wildman–Crippen MR) is 117 cm³/mol. The molecular formula is C26H25F2NO2. The Morgan fingerprint density at radius 2 is 1.55 bits per heavy atom. The summed E-state index contributed by atoms with van der Waals surface area (Å²) in [6.45, 7) is 0.728. The van der Waals surface area contributed by atoms with Gasteiger partial charge in [-0.05, 0) is 48.6 Å². The van der Waals surface area contributed by atoms with E-state index in [1.807, 2.05) is 0 Å². The Bertz CT molecular complexity index is 1080. The van der Waals surface area contributed by atoms with Gasteiger partial charge in [-0.15, -0.1) is 0 Å². The molecule has 1 heterocycles. The zero-order valence-electron chi connectivity index (χ0n) is 17.2. The zero-order chi connectivity index (χ0) is 21.8. The smallest absolute Gasteiger partial charge is 0.254 e. The van der Waals surface area contributed by atoms with Gasteiger partial charge in [0.1, 0.15) is 11.6 Å². The third-order valence-electron chi connectivity index (χ3n) is 6.13. The van der Waals surface area contributed by atoms with E-state index in [1.165, 1.54) is 12.1 Å². The number of carbonyl (C=O) groups excluding carboxylic acids is 1. The average molecular weight is 421 g/mol. The zero-order valence-corrected chi connectivity index (χ0v) is 17.2. The molecule has 3 aromatic carbocycles. The molecule has 1 atom stereocenters. The highest BCUT2D eigenvalue weighted by molar-refractivity contribution is 6.01. The maximum absolute atomic E-state index is 14.4. The number of rotatable bonds is 5. The third kappa shape index (κ3) is 4.37. The molecule has 0 saturated carbocycles. The van der Waals surface area contributed by atoms with Crippen molar-refractivity contribution in [1.29, 1.82) is 0 Å². The lowest BCUT2D eigenvalue weighted by atomic mass is 9.75. The molecule has 1 N–H and O–H groups in total. The lowest BCUT2D eigenvalue weighted by Crippen LogP contribution is -2.49. The van der Waals surface area contributed by atoms with Crippen LogP contribution in [-0.4, -0.2) is 35.6 Å². The molecule has 1 amide bonds. The van der Waals surface area contributed by atoms with Gasteiger partial charge in [0, 0.05) is 29.6 Å². The predicted octanol–water partition coefficient (Wildman–Crippen LogP) is 5.09. The van der Waals surface area contributed by atoms with Crippen LogP contribution in [0, 0.1) is 17.0 Å². The molecule has 1 aliphatic rings. The van der Waals surface area contributed by atoms with E-state index in [-0.39, 0.29) is 24.1 Å². The first-order chi connectivity index (χ1) is 15.0. The molecular weight excluding hydrogens is 396 g/mol. The normalized spacial score (nSPS) is 18.7. The summed E-state index contributed by atoms with van der Waals surface area (Å²) in [5.41, 5.74) is 1.27. The number of hydrogen-bond acceptors (Lipinski definition) is 2. The Morgan fingerprint density at radius 1 is 0.903 bits per heavy atom. The summed E-state index contributed by atoms with van der Waals surface area (Å²) < 4.78 is 28.7. The Morgan fingerprint density at radius 3 is 2.26 bits per heavy atom. The molecule has 4 rings (SSSR count). The number of likely N-dealkylation sites (tertiary alicyclic amines) is 1. The van der Waals surface area contributed by atoms with Gasteiger partial charge in [0.15, 0.2) is 0 Å². The van der Waals surface area contributed by atoms with Crippen molar-refractivity contribution in [3.8, 4) is 11.1 Å². The molecule has 1 saturated heterocycles. The highest BCUT2D eigenvalue weighted by atomic mass is 19.1. The fourth-order valence-electron chi connectivity index (χ4n) is 4.51. The minimum Gasteiger partial charge on any atom is -0.396 e. The van der Waals surface area contributed by atoms with Gasteiger partial charge in [0.05, 0.1) is 6.61 Å². The van der Waals surface area contributed by atoms with Crippen LogP contribution in [0.1, 0.15) is 28.8 Å². The van der Waals surface area contributed by atoms with Gasteiger partial charge in [-0.1, -0.05) is 54.6 Å². The van der Waals surface area contributed by atoms with Crippen LogP contribution in [0.2, 0.25) is 0 Å². The molecule has 3 nitrogen and oxygen atoms in total. The third-order valence-corrected chi connectivity index (χ3v) is 6.13. The van der Waals surface area contributed by atoms with Gasteiger partial charge in [0.2, 0.25) is 0 Å². The van der Waals surface area contributed by atoms with Crippen LogP contribution in [0.4, 0.5) is 8.78 Å². The van der Waals surface area contributed by atoms with Crippen molar-refractivity contribution in [2.24, 2.45) is 5.41 Å². The fraction of sp³-hybridized carbons (Fsp3) is 0.269. The van der Waals surface area contributed by atoms with Crippen LogP contribution in [0.3, 0.4) is 0 Å². The molecule has 0 bridgehead atoms. The standard InChI is InChI=1S/C26H25F2NO2/c27-23-12-5-1-8-19(23)16-26(18-30)14-7-15-29(17-26)25(31)22-11-3-2-9-20(22)21-10-4-6-13-24(21)28/h1-6,8-13,30H,7,14-18H2/t26-/m1/s1. The Labute approximate surface area is 181 Å². The molecule has 1 fully saturated rings. The molecule has 0 radical (unpaired) electrons. The van der Waals surface area contributed by atoms with Gasteiger partial charge >= 0.3 is 0 Å². The molecule has 0 unspecified atom stereocenters. The summed E-state index contributed by atoms with van der Waals surface area (Å²) in [7, 11) is 0. The molecule has 31 heavy (non-hydrogen) atoms. The lowest BCUT2D eigenvalue weighted by Gasteiger charge is -2.42. The van der Waals surface area contributed by atoms with Crippen LogP contribution in [0.15, 0.2) is 72.8 Å².